The SMILES string of the molecule is Cc1ccc(C2CC3(C(=O)Nc4ccccc43)c3c2[nH]c2ccc(Cl)cc32)cc1. The monoisotopic (exact) mass is 398 g/mol. The van der Waals surface area contributed by atoms with Crippen molar-refractivity contribution in [2.75, 3.05) is 5.32 Å². The fraction of sp³-hybridized carbons (Fsp3) is 0.160. The predicted molar refractivity (Wildman–Crippen MR) is 117 cm³/mol. The molecule has 0 fully saturated rings. The lowest BCUT2D eigenvalue weighted by Gasteiger charge is -2.24. The number of carbonyl (C=O) groups excluding carboxylic acids is 1. The first-order chi connectivity index (χ1) is 14.1. The van der Waals surface area contributed by atoms with Crippen LogP contribution < -0.4 is 5.32 Å². The summed E-state index contributed by atoms with van der Waals surface area (Å²) in [6.45, 7) is 2.09. The van der Waals surface area contributed by atoms with Gasteiger partial charge < -0.3 is 10.3 Å². The van der Waals surface area contributed by atoms with Gasteiger partial charge in [0.25, 0.3) is 0 Å². The van der Waals surface area contributed by atoms with Crippen LogP contribution in [0.5, 0.6) is 0 Å². The molecule has 4 aromatic rings. The number of anilines is 1. The van der Waals surface area contributed by atoms with E-state index in [0.29, 0.717) is 11.4 Å². The fourth-order valence-electron chi connectivity index (χ4n) is 5.27. The first-order valence-corrected chi connectivity index (χ1v) is 10.2. The third kappa shape index (κ3) is 2.16. The molecule has 0 bridgehead atoms. The van der Waals surface area contributed by atoms with Crippen molar-refractivity contribution in [3.63, 3.8) is 0 Å². The molecule has 2 unspecified atom stereocenters. The van der Waals surface area contributed by atoms with Crippen LogP contribution in [0.3, 0.4) is 0 Å². The van der Waals surface area contributed by atoms with Crippen molar-refractivity contribution in [3.05, 3.63) is 99.7 Å². The number of hydrogen-bond acceptors (Lipinski definition) is 1. The molecular weight excluding hydrogens is 380 g/mol. The molecule has 3 aromatic carbocycles. The number of nitrogens with one attached hydrogen (secondary N) is 2. The number of halogens is 1. The van der Waals surface area contributed by atoms with Gasteiger partial charge in [-0.25, -0.2) is 0 Å². The lowest BCUT2D eigenvalue weighted by atomic mass is 9.75. The molecule has 1 amide bonds. The van der Waals surface area contributed by atoms with Gasteiger partial charge in [-0.15, -0.1) is 0 Å². The maximum Gasteiger partial charge on any atom is 0.239 e. The van der Waals surface area contributed by atoms with E-state index in [9.17, 15) is 4.79 Å². The molecule has 29 heavy (non-hydrogen) atoms. The number of benzene rings is 3. The number of amides is 1. The van der Waals surface area contributed by atoms with Crippen LogP contribution in [0, 0.1) is 6.92 Å². The van der Waals surface area contributed by atoms with E-state index in [1.165, 1.54) is 11.1 Å². The van der Waals surface area contributed by atoms with Crippen LogP contribution in [0.1, 0.15) is 40.3 Å². The molecule has 2 aliphatic rings. The zero-order chi connectivity index (χ0) is 19.8. The lowest BCUT2D eigenvalue weighted by molar-refractivity contribution is -0.119. The summed E-state index contributed by atoms with van der Waals surface area (Å²) in [5, 5.41) is 4.85. The number of H-pyrrole nitrogens is 1. The minimum atomic E-state index is -0.704. The number of fused-ring (bicyclic) bond motifs is 6. The van der Waals surface area contributed by atoms with Crippen molar-refractivity contribution in [2.24, 2.45) is 0 Å². The van der Waals surface area contributed by atoms with Crippen molar-refractivity contribution in [1.29, 1.82) is 0 Å². The maximum atomic E-state index is 13.5. The molecule has 1 aliphatic carbocycles. The molecule has 1 aliphatic heterocycles. The van der Waals surface area contributed by atoms with Gasteiger partial charge in [0.15, 0.2) is 0 Å². The van der Waals surface area contributed by atoms with Crippen molar-refractivity contribution in [3.8, 4) is 0 Å². The Kier molecular flexibility index (Phi) is 3.34. The van der Waals surface area contributed by atoms with Gasteiger partial charge in [-0.2, -0.15) is 0 Å². The van der Waals surface area contributed by atoms with E-state index >= 15 is 0 Å². The third-order valence-electron chi connectivity index (χ3n) is 6.58. The summed E-state index contributed by atoms with van der Waals surface area (Å²) in [6.07, 6.45) is 0.711. The first kappa shape index (κ1) is 16.9. The highest BCUT2D eigenvalue weighted by Gasteiger charge is 2.56. The number of aryl methyl sites for hydroxylation is 1. The quantitative estimate of drug-likeness (QED) is 0.411. The molecule has 3 nitrogen and oxygen atoms in total. The Morgan fingerprint density at radius 3 is 2.66 bits per heavy atom. The summed E-state index contributed by atoms with van der Waals surface area (Å²) in [7, 11) is 0. The van der Waals surface area contributed by atoms with E-state index in [4.69, 9.17) is 11.6 Å². The number of aromatic nitrogens is 1. The minimum Gasteiger partial charge on any atom is -0.358 e. The van der Waals surface area contributed by atoms with Gasteiger partial charge in [-0.1, -0.05) is 59.6 Å². The topological polar surface area (TPSA) is 44.9 Å². The Morgan fingerprint density at radius 2 is 1.83 bits per heavy atom. The summed E-state index contributed by atoms with van der Waals surface area (Å²) in [4.78, 5) is 17.1. The van der Waals surface area contributed by atoms with Gasteiger partial charge in [0, 0.05) is 38.8 Å². The fourth-order valence-corrected chi connectivity index (χ4v) is 5.44. The summed E-state index contributed by atoms with van der Waals surface area (Å²) < 4.78 is 0. The zero-order valence-corrected chi connectivity index (χ0v) is 16.7. The molecule has 2 heterocycles. The second-order valence-electron chi connectivity index (χ2n) is 8.18. The molecule has 142 valence electrons. The van der Waals surface area contributed by atoms with Crippen LogP contribution >= 0.6 is 11.6 Å². The van der Waals surface area contributed by atoms with Gasteiger partial charge in [-0.05, 0) is 48.7 Å². The van der Waals surface area contributed by atoms with Gasteiger partial charge in [-0.3, -0.25) is 4.79 Å². The number of aromatic amines is 1. The number of hydrogen-bond donors (Lipinski definition) is 2. The van der Waals surface area contributed by atoms with E-state index in [2.05, 4.69) is 47.6 Å². The van der Waals surface area contributed by atoms with Gasteiger partial charge >= 0.3 is 0 Å². The second kappa shape index (κ2) is 5.74. The Bertz CT molecular complexity index is 1300. The standard InChI is InChI=1S/C25H19ClN2O/c1-14-6-8-15(9-7-14)18-13-25(19-4-2-3-5-21(19)28-24(25)29)22-17-12-16(26)10-11-20(17)27-23(18)22/h2-12,18,27H,13H2,1H3,(H,28,29). The Hall–Kier alpha value is -3.04. The molecule has 1 spiro atoms. The molecule has 1 aromatic heterocycles. The lowest BCUT2D eigenvalue weighted by Crippen LogP contribution is -2.33. The van der Waals surface area contributed by atoms with Crippen LogP contribution in [-0.4, -0.2) is 10.9 Å². The summed E-state index contributed by atoms with van der Waals surface area (Å²) in [6, 6.07) is 22.6. The van der Waals surface area contributed by atoms with E-state index < -0.39 is 5.41 Å². The average molecular weight is 399 g/mol. The summed E-state index contributed by atoms with van der Waals surface area (Å²) in [5.41, 5.74) is 6.93. The highest BCUT2D eigenvalue weighted by molar-refractivity contribution is 6.31. The van der Waals surface area contributed by atoms with E-state index in [1.54, 1.807) is 0 Å². The highest BCUT2D eigenvalue weighted by atomic mass is 35.5. The second-order valence-corrected chi connectivity index (χ2v) is 8.61. The Balaban J connectivity index is 1.69. The molecule has 2 atom stereocenters. The molecule has 0 radical (unpaired) electrons. The van der Waals surface area contributed by atoms with Gasteiger partial charge in [0.1, 0.15) is 5.41 Å². The normalized spacial score (nSPS) is 22.1. The minimum absolute atomic E-state index is 0.0513. The third-order valence-corrected chi connectivity index (χ3v) is 6.81. The number of para-hydroxylation sites is 1. The van der Waals surface area contributed by atoms with Crippen LogP contribution in [0.2, 0.25) is 5.02 Å². The molecule has 4 heteroatoms. The van der Waals surface area contributed by atoms with Gasteiger partial charge in [0.2, 0.25) is 5.91 Å². The van der Waals surface area contributed by atoms with Crippen LogP contribution in [0.25, 0.3) is 10.9 Å². The molecule has 2 N–H and O–H groups in total. The van der Waals surface area contributed by atoms with Crippen molar-refractivity contribution >= 4 is 34.1 Å². The summed E-state index contributed by atoms with van der Waals surface area (Å²) >= 11 is 6.37. The maximum absolute atomic E-state index is 13.5. The zero-order valence-electron chi connectivity index (χ0n) is 15.9. The van der Waals surface area contributed by atoms with Crippen molar-refractivity contribution in [1.82, 2.24) is 4.98 Å². The van der Waals surface area contributed by atoms with E-state index in [1.807, 2.05) is 36.4 Å². The highest BCUT2D eigenvalue weighted by Crippen LogP contribution is 2.58. The first-order valence-electron chi connectivity index (χ1n) is 9.87. The average Bonchev–Trinajstić information content (AvgIpc) is 3.34. The van der Waals surface area contributed by atoms with Crippen molar-refractivity contribution in [2.45, 2.75) is 24.7 Å². The van der Waals surface area contributed by atoms with Crippen LogP contribution in [-0.2, 0) is 10.2 Å². The Morgan fingerprint density at radius 1 is 1.03 bits per heavy atom. The summed E-state index contributed by atoms with van der Waals surface area (Å²) in [5.74, 6) is 0.170. The molecule has 0 saturated heterocycles. The van der Waals surface area contributed by atoms with Crippen LogP contribution in [0.15, 0.2) is 66.7 Å². The van der Waals surface area contributed by atoms with E-state index in [0.717, 1.165) is 33.4 Å². The number of rotatable bonds is 1. The smallest absolute Gasteiger partial charge is 0.239 e. The predicted octanol–water partition coefficient (Wildman–Crippen LogP) is 5.90. The molecular formula is C25H19ClN2O. The largest absolute Gasteiger partial charge is 0.358 e. The van der Waals surface area contributed by atoms with Crippen LogP contribution in [0.4, 0.5) is 5.69 Å². The van der Waals surface area contributed by atoms with Crippen molar-refractivity contribution < 1.29 is 4.79 Å². The molecule has 6 rings (SSSR count). The van der Waals surface area contributed by atoms with E-state index in [-0.39, 0.29) is 11.8 Å². The molecule has 0 saturated carbocycles. The number of carbonyl (C=O) groups is 1. The Labute approximate surface area is 173 Å². The van der Waals surface area contributed by atoms with Gasteiger partial charge in [0.05, 0.1) is 0 Å².